The summed E-state index contributed by atoms with van der Waals surface area (Å²) in [5.74, 6) is 0. The molecular weight excluding hydrogens is 254 g/mol. The van der Waals surface area contributed by atoms with Crippen LogP contribution in [0.2, 0.25) is 0 Å². The Morgan fingerprint density at radius 1 is 1.40 bits per heavy atom. The summed E-state index contributed by atoms with van der Waals surface area (Å²) in [6.45, 7) is 5.23. The highest BCUT2D eigenvalue weighted by atomic mass is 16.3. The lowest BCUT2D eigenvalue weighted by Gasteiger charge is -2.20. The van der Waals surface area contributed by atoms with Crippen LogP contribution in [0.5, 0.6) is 0 Å². The minimum absolute atomic E-state index is 0.165. The number of carbonyl (C=O) groups excluding carboxylic acids is 1. The summed E-state index contributed by atoms with van der Waals surface area (Å²) in [7, 11) is 3.73. The van der Waals surface area contributed by atoms with Gasteiger partial charge in [0.15, 0.2) is 0 Å². The van der Waals surface area contributed by atoms with E-state index in [2.05, 4.69) is 17.1 Å². The average molecular weight is 279 g/mol. The second-order valence-electron chi connectivity index (χ2n) is 5.05. The summed E-state index contributed by atoms with van der Waals surface area (Å²) < 4.78 is 0. The molecule has 0 heterocycles. The zero-order valence-electron chi connectivity index (χ0n) is 12.8. The molecule has 1 atom stereocenters. The maximum Gasteiger partial charge on any atom is 0.321 e. The summed E-state index contributed by atoms with van der Waals surface area (Å²) in [4.78, 5) is 15.7. The zero-order chi connectivity index (χ0) is 15.1. The van der Waals surface area contributed by atoms with E-state index in [1.54, 1.807) is 18.9 Å². The summed E-state index contributed by atoms with van der Waals surface area (Å²) in [5.41, 5.74) is 1.84. The van der Waals surface area contributed by atoms with Crippen molar-refractivity contribution in [1.29, 1.82) is 0 Å². The van der Waals surface area contributed by atoms with Crippen LogP contribution in [0.25, 0.3) is 0 Å². The van der Waals surface area contributed by atoms with Gasteiger partial charge in [-0.2, -0.15) is 0 Å². The van der Waals surface area contributed by atoms with Crippen LogP contribution in [0.4, 0.5) is 16.2 Å². The van der Waals surface area contributed by atoms with Gasteiger partial charge in [0, 0.05) is 38.6 Å². The summed E-state index contributed by atoms with van der Waals surface area (Å²) >= 11 is 0. The van der Waals surface area contributed by atoms with Crippen LogP contribution in [0, 0.1) is 0 Å². The van der Waals surface area contributed by atoms with Gasteiger partial charge >= 0.3 is 6.03 Å². The van der Waals surface area contributed by atoms with E-state index in [1.807, 2.05) is 31.3 Å². The van der Waals surface area contributed by atoms with Gasteiger partial charge in [0.05, 0.1) is 6.10 Å². The Morgan fingerprint density at radius 3 is 2.70 bits per heavy atom. The predicted molar refractivity (Wildman–Crippen MR) is 83.3 cm³/mol. The molecule has 5 heteroatoms. The molecule has 2 N–H and O–H groups in total. The highest BCUT2D eigenvalue weighted by molar-refractivity contribution is 5.89. The number of amides is 2. The smallest absolute Gasteiger partial charge is 0.321 e. The highest BCUT2D eigenvalue weighted by Crippen LogP contribution is 2.18. The number of rotatable bonds is 6. The van der Waals surface area contributed by atoms with E-state index < -0.39 is 6.10 Å². The van der Waals surface area contributed by atoms with Crippen molar-refractivity contribution in [1.82, 2.24) is 4.90 Å². The first kappa shape index (κ1) is 16.3. The Labute approximate surface area is 121 Å². The number of carbonyl (C=O) groups is 1. The SMILES string of the molecule is CCN(C)c1cccc(NC(=O)N(C)CCC(C)O)c1. The first-order valence-electron chi connectivity index (χ1n) is 6.95. The molecule has 0 aliphatic carbocycles. The molecule has 1 unspecified atom stereocenters. The summed E-state index contributed by atoms with van der Waals surface area (Å²) in [6.07, 6.45) is 0.175. The number of nitrogens with zero attached hydrogens (tertiary/aromatic N) is 2. The predicted octanol–water partition coefficient (Wildman–Crippen LogP) is 2.38. The molecule has 2 amide bonds. The molecule has 0 radical (unpaired) electrons. The number of benzene rings is 1. The Hall–Kier alpha value is -1.75. The fourth-order valence-electron chi connectivity index (χ4n) is 1.70. The van der Waals surface area contributed by atoms with Crippen LogP contribution < -0.4 is 10.2 Å². The van der Waals surface area contributed by atoms with E-state index in [0.29, 0.717) is 13.0 Å². The molecule has 20 heavy (non-hydrogen) atoms. The first-order valence-corrected chi connectivity index (χ1v) is 6.95. The second-order valence-corrected chi connectivity index (χ2v) is 5.05. The van der Waals surface area contributed by atoms with Gasteiger partial charge in [-0.3, -0.25) is 0 Å². The van der Waals surface area contributed by atoms with Gasteiger partial charge in [-0.05, 0) is 38.5 Å². The molecule has 1 rings (SSSR count). The van der Waals surface area contributed by atoms with Gasteiger partial charge in [-0.15, -0.1) is 0 Å². The summed E-state index contributed by atoms with van der Waals surface area (Å²) in [5, 5.41) is 12.1. The normalized spacial score (nSPS) is 11.8. The first-order chi connectivity index (χ1) is 9.43. The van der Waals surface area contributed by atoms with E-state index in [1.165, 1.54) is 0 Å². The molecule has 0 fully saturated rings. The number of aliphatic hydroxyl groups excluding tert-OH is 1. The maximum atomic E-state index is 12.0. The molecule has 0 spiro atoms. The molecule has 0 aliphatic rings. The fourth-order valence-corrected chi connectivity index (χ4v) is 1.70. The van der Waals surface area contributed by atoms with Crippen LogP contribution >= 0.6 is 0 Å². The van der Waals surface area contributed by atoms with Gasteiger partial charge < -0.3 is 20.2 Å². The lowest BCUT2D eigenvalue weighted by Crippen LogP contribution is -2.33. The minimum Gasteiger partial charge on any atom is -0.393 e. The Balaban J connectivity index is 2.61. The van der Waals surface area contributed by atoms with Crippen molar-refractivity contribution < 1.29 is 9.90 Å². The second kappa shape index (κ2) is 7.75. The van der Waals surface area contributed by atoms with Gasteiger partial charge in [0.25, 0.3) is 0 Å². The molecule has 0 aromatic heterocycles. The zero-order valence-corrected chi connectivity index (χ0v) is 12.8. The van der Waals surface area contributed by atoms with Crippen LogP contribution in [0.3, 0.4) is 0 Å². The number of hydrogen-bond donors (Lipinski definition) is 2. The third kappa shape index (κ3) is 5.09. The monoisotopic (exact) mass is 279 g/mol. The number of urea groups is 1. The number of aliphatic hydroxyl groups is 1. The van der Waals surface area contributed by atoms with Crippen molar-refractivity contribution in [3.05, 3.63) is 24.3 Å². The van der Waals surface area contributed by atoms with Crippen molar-refractivity contribution in [2.24, 2.45) is 0 Å². The van der Waals surface area contributed by atoms with E-state index >= 15 is 0 Å². The third-order valence-electron chi connectivity index (χ3n) is 3.24. The van der Waals surface area contributed by atoms with Crippen molar-refractivity contribution in [2.75, 3.05) is 37.4 Å². The number of anilines is 2. The molecule has 0 aliphatic heterocycles. The molecule has 0 saturated heterocycles. The average Bonchev–Trinajstić information content (AvgIpc) is 2.43. The van der Waals surface area contributed by atoms with Gasteiger partial charge in [-0.1, -0.05) is 6.07 Å². The number of hydrogen-bond acceptors (Lipinski definition) is 3. The van der Waals surface area contributed by atoms with Gasteiger partial charge in [0.2, 0.25) is 0 Å². The quantitative estimate of drug-likeness (QED) is 0.840. The molecule has 112 valence electrons. The topological polar surface area (TPSA) is 55.8 Å². The molecule has 5 nitrogen and oxygen atoms in total. The third-order valence-corrected chi connectivity index (χ3v) is 3.24. The van der Waals surface area contributed by atoms with Crippen molar-refractivity contribution in [3.63, 3.8) is 0 Å². The van der Waals surface area contributed by atoms with Crippen LogP contribution in [-0.2, 0) is 0 Å². The van der Waals surface area contributed by atoms with Crippen LogP contribution in [0.15, 0.2) is 24.3 Å². The van der Waals surface area contributed by atoms with Crippen molar-refractivity contribution >= 4 is 17.4 Å². The van der Waals surface area contributed by atoms with E-state index in [4.69, 9.17) is 0 Å². The standard InChI is InChI=1S/C15H25N3O2/c1-5-17(3)14-8-6-7-13(11-14)16-15(20)18(4)10-9-12(2)19/h6-8,11-12,19H,5,9-10H2,1-4H3,(H,16,20). The van der Waals surface area contributed by atoms with E-state index in [-0.39, 0.29) is 6.03 Å². The van der Waals surface area contributed by atoms with Crippen molar-refractivity contribution in [2.45, 2.75) is 26.4 Å². The van der Waals surface area contributed by atoms with Crippen molar-refractivity contribution in [3.8, 4) is 0 Å². The number of nitrogens with one attached hydrogen (secondary N) is 1. The Kier molecular flexibility index (Phi) is 6.31. The Morgan fingerprint density at radius 2 is 2.10 bits per heavy atom. The van der Waals surface area contributed by atoms with Crippen LogP contribution in [-0.4, -0.2) is 49.3 Å². The van der Waals surface area contributed by atoms with Crippen LogP contribution in [0.1, 0.15) is 20.3 Å². The largest absolute Gasteiger partial charge is 0.393 e. The van der Waals surface area contributed by atoms with Gasteiger partial charge in [-0.25, -0.2) is 4.79 Å². The Bertz CT molecular complexity index is 435. The minimum atomic E-state index is -0.396. The lowest BCUT2D eigenvalue weighted by molar-refractivity contribution is 0.167. The molecule has 1 aromatic rings. The highest BCUT2D eigenvalue weighted by Gasteiger charge is 2.10. The van der Waals surface area contributed by atoms with Gasteiger partial charge in [0.1, 0.15) is 0 Å². The lowest BCUT2D eigenvalue weighted by atomic mass is 10.2. The fraction of sp³-hybridized carbons (Fsp3) is 0.533. The molecule has 1 aromatic carbocycles. The van der Waals surface area contributed by atoms with E-state index in [9.17, 15) is 9.90 Å². The maximum absolute atomic E-state index is 12.0. The summed E-state index contributed by atoms with van der Waals surface area (Å²) in [6, 6.07) is 7.59. The van der Waals surface area contributed by atoms with E-state index in [0.717, 1.165) is 17.9 Å². The molecule has 0 saturated carbocycles. The molecular formula is C15H25N3O2. The molecule has 0 bridgehead atoms.